The van der Waals surface area contributed by atoms with Gasteiger partial charge in [0.1, 0.15) is 13.2 Å². The Balaban J connectivity index is 1.22. The highest BCUT2D eigenvalue weighted by atomic mass is 32.2. The lowest BCUT2D eigenvalue weighted by Gasteiger charge is -2.37. The minimum absolute atomic E-state index is 0.0415. The van der Waals surface area contributed by atoms with Crippen LogP contribution in [0.25, 0.3) is 0 Å². The second kappa shape index (κ2) is 8.87. The van der Waals surface area contributed by atoms with E-state index in [1.54, 1.807) is 17.0 Å². The van der Waals surface area contributed by atoms with Gasteiger partial charge in [-0.15, -0.1) is 0 Å². The maximum atomic E-state index is 13.1. The molecule has 176 valence electrons. The number of carbonyl (C=O) groups excluding carboxylic acids is 1. The highest BCUT2D eigenvalue weighted by molar-refractivity contribution is 7.89. The number of fused-ring (bicyclic) bond motifs is 2. The molecule has 0 saturated carbocycles. The van der Waals surface area contributed by atoms with E-state index in [1.807, 2.05) is 0 Å². The molecule has 5 rings (SSSR count). The number of sulfonamides is 1. The van der Waals surface area contributed by atoms with Crippen LogP contribution in [0, 0.1) is 6.92 Å². The SMILES string of the molecule is Cc1ccc2c(c1)CCCN2CC(=O)N1CCN(S(=O)(=O)c2ccc3c(c2)OCCO3)CC1. The van der Waals surface area contributed by atoms with E-state index in [0.717, 1.165) is 25.1 Å². The van der Waals surface area contributed by atoms with Crippen LogP contribution in [0.2, 0.25) is 0 Å². The summed E-state index contributed by atoms with van der Waals surface area (Å²) in [6.45, 7) is 5.45. The summed E-state index contributed by atoms with van der Waals surface area (Å²) in [5.74, 6) is 1.05. The molecule has 0 radical (unpaired) electrons. The summed E-state index contributed by atoms with van der Waals surface area (Å²) in [5.41, 5.74) is 3.67. The summed E-state index contributed by atoms with van der Waals surface area (Å²) >= 11 is 0. The number of benzene rings is 2. The minimum Gasteiger partial charge on any atom is -0.486 e. The molecule has 1 fully saturated rings. The Labute approximate surface area is 194 Å². The fraction of sp³-hybridized carbons (Fsp3) is 0.458. The van der Waals surface area contributed by atoms with Gasteiger partial charge in [0.25, 0.3) is 0 Å². The smallest absolute Gasteiger partial charge is 0.243 e. The van der Waals surface area contributed by atoms with Gasteiger partial charge in [-0.3, -0.25) is 4.79 Å². The number of rotatable bonds is 4. The van der Waals surface area contributed by atoms with E-state index in [0.29, 0.717) is 44.3 Å². The Morgan fingerprint density at radius 1 is 0.939 bits per heavy atom. The summed E-state index contributed by atoms with van der Waals surface area (Å²) < 4.78 is 38.8. The van der Waals surface area contributed by atoms with Crippen molar-refractivity contribution in [3.8, 4) is 11.5 Å². The van der Waals surface area contributed by atoms with Crippen molar-refractivity contribution in [1.82, 2.24) is 9.21 Å². The van der Waals surface area contributed by atoms with E-state index in [-0.39, 0.29) is 23.9 Å². The Morgan fingerprint density at radius 2 is 1.70 bits per heavy atom. The molecule has 33 heavy (non-hydrogen) atoms. The number of nitrogens with zero attached hydrogens (tertiary/aromatic N) is 3. The maximum Gasteiger partial charge on any atom is 0.243 e. The molecule has 2 aromatic carbocycles. The Hall–Kier alpha value is -2.78. The molecule has 0 atom stereocenters. The zero-order valence-electron chi connectivity index (χ0n) is 18.8. The van der Waals surface area contributed by atoms with Crippen molar-refractivity contribution >= 4 is 21.6 Å². The topological polar surface area (TPSA) is 79.4 Å². The van der Waals surface area contributed by atoms with Crippen molar-refractivity contribution in [2.45, 2.75) is 24.7 Å². The highest BCUT2D eigenvalue weighted by Gasteiger charge is 2.32. The van der Waals surface area contributed by atoms with E-state index in [2.05, 4.69) is 30.0 Å². The summed E-state index contributed by atoms with van der Waals surface area (Å²) in [6.07, 6.45) is 2.07. The molecule has 8 nitrogen and oxygen atoms in total. The Bertz CT molecular complexity index is 1160. The second-order valence-corrected chi connectivity index (χ2v) is 10.7. The lowest BCUT2D eigenvalue weighted by Crippen LogP contribution is -2.52. The largest absolute Gasteiger partial charge is 0.486 e. The fourth-order valence-electron chi connectivity index (χ4n) is 4.74. The quantitative estimate of drug-likeness (QED) is 0.679. The Kier molecular flexibility index (Phi) is 5.92. The number of anilines is 1. The maximum absolute atomic E-state index is 13.1. The molecule has 0 aliphatic carbocycles. The molecule has 3 aliphatic heterocycles. The molecule has 1 saturated heterocycles. The number of ether oxygens (including phenoxy) is 2. The van der Waals surface area contributed by atoms with Crippen LogP contribution in [0.3, 0.4) is 0 Å². The van der Waals surface area contributed by atoms with E-state index in [9.17, 15) is 13.2 Å². The van der Waals surface area contributed by atoms with E-state index in [1.165, 1.54) is 21.5 Å². The van der Waals surface area contributed by atoms with Crippen molar-refractivity contribution in [3.63, 3.8) is 0 Å². The highest BCUT2D eigenvalue weighted by Crippen LogP contribution is 2.33. The predicted octanol–water partition coefficient (Wildman–Crippen LogP) is 2.05. The first-order valence-corrected chi connectivity index (χ1v) is 12.9. The molecule has 3 heterocycles. The van der Waals surface area contributed by atoms with Gasteiger partial charge in [0.2, 0.25) is 15.9 Å². The first kappa shape index (κ1) is 22.0. The van der Waals surface area contributed by atoms with Gasteiger partial charge >= 0.3 is 0 Å². The first-order valence-electron chi connectivity index (χ1n) is 11.4. The van der Waals surface area contributed by atoms with Crippen LogP contribution in [-0.4, -0.2) is 76.0 Å². The van der Waals surface area contributed by atoms with Gasteiger partial charge in [-0.05, 0) is 43.5 Å². The van der Waals surface area contributed by atoms with Gasteiger partial charge in [-0.25, -0.2) is 8.42 Å². The van der Waals surface area contributed by atoms with E-state index < -0.39 is 10.0 Å². The standard InChI is InChI=1S/C24H29N3O5S/c1-18-4-6-21-19(15-18)3-2-8-26(21)17-24(28)25-9-11-27(12-10-25)33(29,30)20-5-7-22-23(16-20)32-14-13-31-22/h4-7,15-16H,2-3,8-14,17H2,1H3. The number of aryl methyl sites for hydroxylation is 2. The molecular formula is C24H29N3O5S. The number of hydrogen-bond donors (Lipinski definition) is 0. The fourth-order valence-corrected chi connectivity index (χ4v) is 6.18. The number of carbonyl (C=O) groups is 1. The summed E-state index contributed by atoms with van der Waals surface area (Å²) in [7, 11) is -3.67. The Morgan fingerprint density at radius 3 is 2.48 bits per heavy atom. The third-order valence-electron chi connectivity index (χ3n) is 6.52. The van der Waals surface area contributed by atoms with Gasteiger partial charge in [0.15, 0.2) is 11.5 Å². The number of piperazine rings is 1. The van der Waals surface area contributed by atoms with Crippen LogP contribution in [0.4, 0.5) is 5.69 Å². The average Bonchev–Trinajstić information content (AvgIpc) is 2.83. The molecule has 0 unspecified atom stereocenters. The van der Waals surface area contributed by atoms with E-state index in [4.69, 9.17) is 9.47 Å². The lowest BCUT2D eigenvalue weighted by molar-refractivity contribution is -0.130. The zero-order chi connectivity index (χ0) is 23.0. The van der Waals surface area contributed by atoms with Crippen molar-refractivity contribution in [2.24, 2.45) is 0 Å². The second-order valence-electron chi connectivity index (χ2n) is 8.75. The molecular weight excluding hydrogens is 442 g/mol. The van der Waals surface area contributed by atoms with Crippen molar-refractivity contribution in [3.05, 3.63) is 47.5 Å². The van der Waals surface area contributed by atoms with Crippen molar-refractivity contribution in [2.75, 3.05) is 57.4 Å². The molecule has 1 amide bonds. The monoisotopic (exact) mass is 471 g/mol. The van der Waals surface area contributed by atoms with Crippen LogP contribution in [0.1, 0.15) is 17.5 Å². The van der Waals surface area contributed by atoms with Crippen LogP contribution < -0.4 is 14.4 Å². The van der Waals surface area contributed by atoms with Crippen LogP contribution >= 0.6 is 0 Å². The summed E-state index contributed by atoms with van der Waals surface area (Å²) in [4.78, 5) is 17.1. The van der Waals surface area contributed by atoms with Crippen LogP contribution in [0.5, 0.6) is 11.5 Å². The van der Waals surface area contributed by atoms with Crippen LogP contribution in [0.15, 0.2) is 41.3 Å². The third-order valence-corrected chi connectivity index (χ3v) is 8.41. The van der Waals surface area contributed by atoms with Gasteiger partial charge in [-0.2, -0.15) is 4.31 Å². The third kappa shape index (κ3) is 4.39. The molecule has 0 aromatic heterocycles. The molecule has 2 aromatic rings. The van der Waals surface area contributed by atoms with E-state index >= 15 is 0 Å². The average molecular weight is 472 g/mol. The lowest BCUT2D eigenvalue weighted by atomic mass is 9.99. The van der Waals surface area contributed by atoms with Crippen LogP contribution in [-0.2, 0) is 21.2 Å². The normalized spacial score (nSPS) is 18.7. The zero-order valence-corrected chi connectivity index (χ0v) is 19.6. The molecule has 9 heteroatoms. The summed E-state index contributed by atoms with van der Waals surface area (Å²) in [6, 6.07) is 11.1. The van der Waals surface area contributed by atoms with Gasteiger partial charge in [-0.1, -0.05) is 17.7 Å². The van der Waals surface area contributed by atoms with Gasteiger partial charge < -0.3 is 19.3 Å². The van der Waals surface area contributed by atoms with Gasteiger partial charge in [0.05, 0.1) is 11.4 Å². The van der Waals surface area contributed by atoms with Crippen molar-refractivity contribution < 1.29 is 22.7 Å². The molecule has 0 N–H and O–H groups in total. The predicted molar refractivity (Wildman–Crippen MR) is 124 cm³/mol. The van der Waals surface area contributed by atoms with Gasteiger partial charge in [0, 0.05) is 44.5 Å². The number of amides is 1. The summed E-state index contributed by atoms with van der Waals surface area (Å²) in [5, 5.41) is 0. The number of hydrogen-bond acceptors (Lipinski definition) is 6. The minimum atomic E-state index is -3.67. The molecule has 3 aliphatic rings. The first-order chi connectivity index (χ1) is 15.9. The molecule has 0 bridgehead atoms. The van der Waals surface area contributed by atoms with Crippen molar-refractivity contribution in [1.29, 1.82) is 0 Å². The molecule has 0 spiro atoms.